The summed E-state index contributed by atoms with van der Waals surface area (Å²) in [6.07, 6.45) is 7.90. The van der Waals surface area contributed by atoms with Gasteiger partial charge < -0.3 is 5.11 Å². The van der Waals surface area contributed by atoms with E-state index in [-0.39, 0.29) is 6.10 Å². The summed E-state index contributed by atoms with van der Waals surface area (Å²) >= 11 is 2.31. The molecule has 0 fully saturated rings. The lowest BCUT2D eigenvalue weighted by molar-refractivity contribution is 0.198. The lowest BCUT2D eigenvalue weighted by Gasteiger charge is -2.02. The molecule has 0 radical (unpaired) electrons. The van der Waals surface area contributed by atoms with Crippen molar-refractivity contribution >= 4 is 22.6 Å². The Morgan fingerprint density at radius 2 is 2.17 bits per heavy atom. The highest BCUT2D eigenvalue weighted by Crippen LogP contribution is 2.15. The first-order valence-corrected chi connectivity index (χ1v) is 5.77. The van der Waals surface area contributed by atoms with Crippen LogP contribution in [0.25, 0.3) is 0 Å². The summed E-state index contributed by atoms with van der Waals surface area (Å²) in [4.78, 5) is 0. The maximum absolute atomic E-state index is 9.08. The second-order valence-corrected chi connectivity index (χ2v) is 4.59. The molecule has 0 aliphatic carbocycles. The molecule has 0 aromatic heterocycles. The zero-order valence-corrected chi connectivity index (χ0v) is 10.2. The van der Waals surface area contributed by atoms with Gasteiger partial charge in [-0.05, 0) is 45.9 Å². The van der Waals surface area contributed by atoms with Crippen molar-refractivity contribution in [3.63, 3.8) is 0 Å². The van der Waals surface area contributed by atoms with Crippen molar-refractivity contribution < 1.29 is 5.11 Å². The summed E-state index contributed by atoms with van der Waals surface area (Å²) in [6, 6.07) is 0. The van der Waals surface area contributed by atoms with Gasteiger partial charge in [-0.15, -0.1) is 0 Å². The van der Waals surface area contributed by atoms with E-state index in [2.05, 4.69) is 35.6 Å². The second-order valence-electron chi connectivity index (χ2n) is 3.20. The van der Waals surface area contributed by atoms with Crippen LogP contribution in [0.2, 0.25) is 0 Å². The Hall–Kier alpha value is 0.430. The Labute approximate surface area is 89.4 Å². The monoisotopic (exact) mass is 282 g/mol. The minimum Gasteiger partial charge on any atom is -0.393 e. The summed E-state index contributed by atoms with van der Waals surface area (Å²) in [5.74, 6) is 0. The predicted molar refractivity (Wildman–Crippen MR) is 62.5 cm³/mol. The lowest BCUT2D eigenvalue weighted by atomic mass is 10.2. The zero-order chi connectivity index (χ0) is 9.40. The van der Waals surface area contributed by atoms with E-state index in [0.717, 1.165) is 6.42 Å². The van der Waals surface area contributed by atoms with Gasteiger partial charge in [0.05, 0.1) is 6.10 Å². The van der Waals surface area contributed by atoms with E-state index in [1.807, 2.05) is 6.92 Å². The first kappa shape index (κ1) is 12.4. The molecular formula is C10H19IO. The molecule has 0 aliphatic rings. The van der Waals surface area contributed by atoms with Gasteiger partial charge in [0.1, 0.15) is 0 Å². The van der Waals surface area contributed by atoms with E-state index < -0.39 is 0 Å². The lowest BCUT2D eigenvalue weighted by Crippen LogP contribution is -1.97. The number of halogens is 1. The summed E-state index contributed by atoms with van der Waals surface area (Å²) in [7, 11) is 0. The van der Waals surface area contributed by atoms with E-state index in [0.29, 0.717) is 0 Å². The quantitative estimate of drug-likeness (QED) is 0.582. The predicted octanol–water partition coefficient (Wildman–Crippen LogP) is 3.66. The van der Waals surface area contributed by atoms with Crippen molar-refractivity contribution in [3.05, 3.63) is 9.66 Å². The standard InChI is InChI=1S/C10H19IO/c1-3-4-5-6-7-10(11)8-9(2)12/h7,9,12H,3-6,8H2,1-2H3/b10-7-. The molecule has 0 rings (SSSR count). The molecule has 72 valence electrons. The van der Waals surface area contributed by atoms with Gasteiger partial charge in [0, 0.05) is 6.42 Å². The fourth-order valence-electron chi connectivity index (χ4n) is 1.02. The van der Waals surface area contributed by atoms with Crippen LogP contribution in [0.1, 0.15) is 46.0 Å². The van der Waals surface area contributed by atoms with Crippen LogP contribution in [0.15, 0.2) is 9.66 Å². The summed E-state index contributed by atoms with van der Waals surface area (Å²) in [5.41, 5.74) is 0. The third kappa shape index (κ3) is 8.53. The molecule has 1 unspecified atom stereocenters. The van der Waals surface area contributed by atoms with Gasteiger partial charge in [-0.3, -0.25) is 0 Å². The highest BCUT2D eigenvalue weighted by molar-refractivity contribution is 14.1. The average Bonchev–Trinajstić information content (AvgIpc) is 1.97. The molecule has 0 aromatic carbocycles. The molecule has 12 heavy (non-hydrogen) atoms. The Kier molecular flexibility index (Phi) is 8.34. The number of aliphatic hydroxyl groups is 1. The van der Waals surface area contributed by atoms with Crippen LogP contribution < -0.4 is 0 Å². The first-order chi connectivity index (χ1) is 5.66. The highest BCUT2D eigenvalue weighted by atomic mass is 127. The van der Waals surface area contributed by atoms with E-state index in [9.17, 15) is 0 Å². The zero-order valence-electron chi connectivity index (χ0n) is 8.02. The average molecular weight is 282 g/mol. The molecule has 0 saturated carbocycles. The summed E-state index contributed by atoms with van der Waals surface area (Å²) in [6.45, 7) is 4.04. The number of hydrogen-bond acceptors (Lipinski definition) is 1. The highest BCUT2D eigenvalue weighted by Gasteiger charge is 1.97. The third-order valence-electron chi connectivity index (χ3n) is 1.66. The van der Waals surface area contributed by atoms with Crippen molar-refractivity contribution in [3.8, 4) is 0 Å². The molecule has 1 atom stereocenters. The van der Waals surface area contributed by atoms with Crippen LogP contribution in [-0.2, 0) is 0 Å². The van der Waals surface area contributed by atoms with Gasteiger partial charge in [-0.2, -0.15) is 0 Å². The Morgan fingerprint density at radius 1 is 1.50 bits per heavy atom. The van der Waals surface area contributed by atoms with Gasteiger partial charge in [0.2, 0.25) is 0 Å². The van der Waals surface area contributed by atoms with E-state index in [1.54, 1.807) is 0 Å². The van der Waals surface area contributed by atoms with Crippen LogP contribution in [0, 0.1) is 0 Å². The fourth-order valence-corrected chi connectivity index (χ4v) is 1.97. The van der Waals surface area contributed by atoms with E-state index in [4.69, 9.17) is 5.11 Å². The molecule has 0 bridgehead atoms. The van der Waals surface area contributed by atoms with Gasteiger partial charge >= 0.3 is 0 Å². The number of unbranched alkanes of at least 4 members (excludes halogenated alkanes) is 3. The third-order valence-corrected chi connectivity index (χ3v) is 2.54. The molecule has 0 saturated heterocycles. The largest absolute Gasteiger partial charge is 0.393 e. The Morgan fingerprint density at radius 3 is 2.67 bits per heavy atom. The number of rotatable bonds is 6. The van der Waals surface area contributed by atoms with Gasteiger partial charge in [-0.25, -0.2) is 0 Å². The summed E-state index contributed by atoms with van der Waals surface area (Å²) < 4.78 is 1.29. The minimum atomic E-state index is -0.195. The number of allylic oxidation sites excluding steroid dienone is 1. The first-order valence-electron chi connectivity index (χ1n) is 4.69. The molecule has 0 aromatic rings. The second kappa shape index (κ2) is 8.05. The molecule has 1 N–H and O–H groups in total. The normalized spacial score (nSPS) is 14.8. The van der Waals surface area contributed by atoms with Gasteiger partial charge in [-0.1, -0.05) is 25.8 Å². The maximum Gasteiger partial charge on any atom is 0.0556 e. The number of hydrogen-bond donors (Lipinski definition) is 1. The smallest absolute Gasteiger partial charge is 0.0556 e. The Balaban J connectivity index is 3.41. The minimum absolute atomic E-state index is 0.195. The van der Waals surface area contributed by atoms with Crippen molar-refractivity contribution in [2.75, 3.05) is 0 Å². The van der Waals surface area contributed by atoms with Crippen LogP contribution in [0.3, 0.4) is 0 Å². The molecule has 0 heterocycles. The van der Waals surface area contributed by atoms with Crippen molar-refractivity contribution in [2.24, 2.45) is 0 Å². The molecular weight excluding hydrogens is 263 g/mol. The molecule has 2 heteroatoms. The van der Waals surface area contributed by atoms with Crippen molar-refractivity contribution in [1.29, 1.82) is 0 Å². The van der Waals surface area contributed by atoms with Crippen molar-refractivity contribution in [2.45, 2.75) is 52.1 Å². The molecule has 1 nitrogen and oxygen atoms in total. The SMILES string of the molecule is CCCCC/C=C(\I)CC(C)O. The van der Waals surface area contributed by atoms with Crippen LogP contribution in [-0.4, -0.2) is 11.2 Å². The van der Waals surface area contributed by atoms with Crippen LogP contribution in [0.5, 0.6) is 0 Å². The molecule has 0 amide bonds. The summed E-state index contributed by atoms with van der Waals surface area (Å²) in [5, 5.41) is 9.08. The Bertz CT molecular complexity index is 130. The van der Waals surface area contributed by atoms with Crippen LogP contribution >= 0.6 is 22.6 Å². The van der Waals surface area contributed by atoms with E-state index >= 15 is 0 Å². The van der Waals surface area contributed by atoms with E-state index in [1.165, 1.54) is 29.3 Å². The van der Waals surface area contributed by atoms with Crippen LogP contribution in [0.4, 0.5) is 0 Å². The topological polar surface area (TPSA) is 20.2 Å². The molecule has 0 aliphatic heterocycles. The van der Waals surface area contributed by atoms with Gasteiger partial charge in [0.15, 0.2) is 0 Å². The number of aliphatic hydroxyl groups excluding tert-OH is 1. The van der Waals surface area contributed by atoms with Gasteiger partial charge in [0.25, 0.3) is 0 Å². The van der Waals surface area contributed by atoms with Crippen molar-refractivity contribution in [1.82, 2.24) is 0 Å². The maximum atomic E-state index is 9.08. The fraction of sp³-hybridized carbons (Fsp3) is 0.800. The molecule has 0 spiro atoms.